The average Bonchev–Trinajstić information content (AvgIpc) is 2.67. The highest BCUT2D eigenvalue weighted by molar-refractivity contribution is 6.31. The van der Waals surface area contributed by atoms with Crippen LogP contribution in [0.2, 0.25) is 5.02 Å². The summed E-state index contributed by atoms with van der Waals surface area (Å²) in [5, 5.41) is 11.1. The molecule has 1 fully saturated rings. The summed E-state index contributed by atoms with van der Waals surface area (Å²) in [4.78, 5) is 23.3. The summed E-state index contributed by atoms with van der Waals surface area (Å²) >= 11 is 5.97. The number of nitrogens with zero attached hydrogens (tertiary/aromatic N) is 2. The van der Waals surface area contributed by atoms with Crippen LogP contribution in [0.25, 0.3) is 0 Å². The van der Waals surface area contributed by atoms with Crippen LogP contribution < -0.4 is 0 Å². The summed E-state index contributed by atoms with van der Waals surface area (Å²) in [6.45, 7) is 1.04. The maximum atomic E-state index is 11.5. The first-order valence-corrected chi connectivity index (χ1v) is 5.66. The molecule has 5 nitrogen and oxygen atoms in total. The highest BCUT2D eigenvalue weighted by Crippen LogP contribution is 2.24. The zero-order valence-corrected chi connectivity index (χ0v) is 9.81. The molecule has 1 aliphatic heterocycles. The standard InChI is InChI=1S/C11H11ClN2O3/c12-10-4-3-9(14(16)17)6-8(10)7-13-5-1-2-11(13)15/h3-4,6H,1-2,5,7H2. The van der Waals surface area contributed by atoms with Crippen LogP contribution in [-0.2, 0) is 11.3 Å². The highest BCUT2D eigenvalue weighted by atomic mass is 35.5. The van der Waals surface area contributed by atoms with E-state index >= 15 is 0 Å². The van der Waals surface area contributed by atoms with Crippen molar-refractivity contribution in [3.8, 4) is 0 Å². The largest absolute Gasteiger partial charge is 0.338 e. The molecule has 0 atom stereocenters. The minimum Gasteiger partial charge on any atom is -0.338 e. The van der Waals surface area contributed by atoms with Crippen molar-refractivity contribution >= 4 is 23.2 Å². The van der Waals surface area contributed by atoms with E-state index in [0.29, 0.717) is 30.1 Å². The topological polar surface area (TPSA) is 63.5 Å². The smallest absolute Gasteiger partial charge is 0.269 e. The number of hydrogen-bond donors (Lipinski definition) is 0. The first-order valence-electron chi connectivity index (χ1n) is 5.28. The number of likely N-dealkylation sites (tertiary alicyclic amines) is 1. The van der Waals surface area contributed by atoms with E-state index in [0.717, 1.165) is 6.42 Å². The Labute approximate surface area is 103 Å². The lowest BCUT2D eigenvalue weighted by molar-refractivity contribution is -0.384. The molecule has 17 heavy (non-hydrogen) atoms. The second-order valence-electron chi connectivity index (χ2n) is 3.95. The van der Waals surface area contributed by atoms with Crippen molar-refractivity contribution in [3.05, 3.63) is 38.9 Å². The summed E-state index contributed by atoms with van der Waals surface area (Å²) in [5.41, 5.74) is 0.618. The van der Waals surface area contributed by atoms with Gasteiger partial charge in [-0.05, 0) is 18.1 Å². The summed E-state index contributed by atoms with van der Waals surface area (Å²) in [7, 11) is 0. The van der Waals surface area contributed by atoms with Crippen LogP contribution in [0.4, 0.5) is 5.69 Å². The molecule has 0 saturated carbocycles. The van der Waals surface area contributed by atoms with Gasteiger partial charge in [-0.15, -0.1) is 0 Å². The first kappa shape index (κ1) is 11.9. The molecule has 0 radical (unpaired) electrons. The van der Waals surface area contributed by atoms with Crippen molar-refractivity contribution in [1.82, 2.24) is 4.90 Å². The Morgan fingerprint density at radius 2 is 2.24 bits per heavy atom. The van der Waals surface area contributed by atoms with E-state index in [-0.39, 0.29) is 11.6 Å². The van der Waals surface area contributed by atoms with Crippen LogP contribution in [0.5, 0.6) is 0 Å². The van der Waals surface area contributed by atoms with Crippen LogP contribution in [0.1, 0.15) is 18.4 Å². The highest BCUT2D eigenvalue weighted by Gasteiger charge is 2.21. The van der Waals surface area contributed by atoms with Crippen molar-refractivity contribution in [2.45, 2.75) is 19.4 Å². The van der Waals surface area contributed by atoms with E-state index in [1.165, 1.54) is 18.2 Å². The van der Waals surface area contributed by atoms with Gasteiger partial charge < -0.3 is 4.90 Å². The van der Waals surface area contributed by atoms with Crippen molar-refractivity contribution < 1.29 is 9.72 Å². The predicted molar refractivity (Wildman–Crippen MR) is 62.8 cm³/mol. The van der Waals surface area contributed by atoms with Crippen LogP contribution in [-0.4, -0.2) is 22.3 Å². The molecule has 1 saturated heterocycles. The van der Waals surface area contributed by atoms with Crippen molar-refractivity contribution in [3.63, 3.8) is 0 Å². The lowest BCUT2D eigenvalue weighted by atomic mass is 10.2. The quantitative estimate of drug-likeness (QED) is 0.614. The first-order chi connectivity index (χ1) is 8.08. The monoisotopic (exact) mass is 254 g/mol. The van der Waals surface area contributed by atoms with Gasteiger partial charge in [0.2, 0.25) is 5.91 Å². The molecule has 6 heteroatoms. The number of hydrogen-bond acceptors (Lipinski definition) is 3. The minimum atomic E-state index is -0.467. The van der Waals surface area contributed by atoms with Gasteiger partial charge in [-0.2, -0.15) is 0 Å². The number of amides is 1. The summed E-state index contributed by atoms with van der Waals surface area (Å²) < 4.78 is 0. The van der Waals surface area contributed by atoms with E-state index < -0.39 is 4.92 Å². The molecule has 0 N–H and O–H groups in total. The lowest BCUT2D eigenvalue weighted by Crippen LogP contribution is -2.24. The van der Waals surface area contributed by atoms with Crippen molar-refractivity contribution in [2.24, 2.45) is 0 Å². The molecule has 0 spiro atoms. The molecule has 1 aromatic rings. The Bertz CT molecular complexity index is 476. The van der Waals surface area contributed by atoms with E-state index in [4.69, 9.17) is 11.6 Å². The van der Waals surface area contributed by atoms with E-state index in [9.17, 15) is 14.9 Å². The van der Waals surface area contributed by atoms with Gasteiger partial charge in [0.15, 0.2) is 0 Å². The second-order valence-corrected chi connectivity index (χ2v) is 4.36. The average molecular weight is 255 g/mol. The molecule has 1 heterocycles. The number of rotatable bonds is 3. The normalized spacial score (nSPS) is 15.4. The van der Waals surface area contributed by atoms with E-state index in [1.54, 1.807) is 4.90 Å². The van der Waals surface area contributed by atoms with Crippen molar-refractivity contribution in [1.29, 1.82) is 0 Å². The number of non-ortho nitro benzene ring substituents is 1. The molecule has 0 aliphatic carbocycles. The fraction of sp³-hybridized carbons (Fsp3) is 0.364. The number of nitro groups is 1. The Hall–Kier alpha value is -1.62. The lowest BCUT2D eigenvalue weighted by Gasteiger charge is -2.16. The molecule has 0 aromatic heterocycles. The molecule has 1 amide bonds. The van der Waals surface area contributed by atoms with Gasteiger partial charge in [0, 0.05) is 36.7 Å². The third-order valence-electron chi connectivity index (χ3n) is 2.77. The molecule has 0 bridgehead atoms. The summed E-state index contributed by atoms with van der Waals surface area (Å²) in [6, 6.07) is 4.28. The maximum absolute atomic E-state index is 11.5. The van der Waals surface area contributed by atoms with Gasteiger partial charge >= 0.3 is 0 Å². The van der Waals surface area contributed by atoms with Gasteiger partial charge in [-0.3, -0.25) is 14.9 Å². The molecule has 90 valence electrons. The SMILES string of the molecule is O=C1CCCN1Cc1cc([N+](=O)[O-])ccc1Cl. The zero-order valence-electron chi connectivity index (χ0n) is 9.06. The summed E-state index contributed by atoms with van der Waals surface area (Å²) in [6.07, 6.45) is 1.39. The fourth-order valence-corrected chi connectivity index (χ4v) is 2.05. The summed E-state index contributed by atoms with van der Waals surface area (Å²) in [5.74, 6) is 0.0765. The van der Waals surface area contributed by atoms with Crippen LogP contribution in [0.3, 0.4) is 0 Å². The third-order valence-corrected chi connectivity index (χ3v) is 3.14. The van der Waals surface area contributed by atoms with E-state index in [1.807, 2.05) is 0 Å². The van der Waals surface area contributed by atoms with Gasteiger partial charge in [0.05, 0.1) is 4.92 Å². The number of nitro benzene ring substituents is 1. The molecule has 1 aromatic carbocycles. The van der Waals surface area contributed by atoms with Crippen LogP contribution >= 0.6 is 11.6 Å². The molecule has 0 unspecified atom stereocenters. The molecular weight excluding hydrogens is 244 g/mol. The van der Waals surface area contributed by atoms with E-state index in [2.05, 4.69) is 0 Å². The van der Waals surface area contributed by atoms with Crippen LogP contribution in [0.15, 0.2) is 18.2 Å². The van der Waals surface area contributed by atoms with Gasteiger partial charge in [-0.1, -0.05) is 11.6 Å². The van der Waals surface area contributed by atoms with Gasteiger partial charge in [0.25, 0.3) is 5.69 Å². The zero-order chi connectivity index (χ0) is 12.4. The molecular formula is C11H11ClN2O3. The molecule has 2 rings (SSSR count). The number of carbonyl (C=O) groups excluding carboxylic acids is 1. The number of carbonyl (C=O) groups is 1. The Morgan fingerprint density at radius 3 is 2.82 bits per heavy atom. The number of halogens is 1. The fourth-order valence-electron chi connectivity index (χ4n) is 1.87. The van der Waals surface area contributed by atoms with Crippen molar-refractivity contribution in [2.75, 3.05) is 6.54 Å². The van der Waals surface area contributed by atoms with Gasteiger partial charge in [0.1, 0.15) is 0 Å². The second kappa shape index (κ2) is 4.71. The Morgan fingerprint density at radius 1 is 1.47 bits per heavy atom. The maximum Gasteiger partial charge on any atom is 0.269 e. The predicted octanol–water partition coefficient (Wildman–Crippen LogP) is 2.37. The number of benzene rings is 1. The Kier molecular flexibility index (Phi) is 3.28. The third kappa shape index (κ3) is 2.55. The Balaban J connectivity index is 2.22. The minimum absolute atomic E-state index is 0.00366. The molecule has 1 aliphatic rings. The van der Waals surface area contributed by atoms with Crippen LogP contribution in [0, 0.1) is 10.1 Å². The van der Waals surface area contributed by atoms with Gasteiger partial charge in [-0.25, -0.2) is 0 Å².